The Morgan fingerprint density at radius 3 is 2.65 bits per heavy atom. The average molecular weight is 334 g/mol. The minimum atomic E-state index is -0.137. The van der Waals surface area contributed by atoms with Crippen LogP contribution < -0.4 is 10.1 Å². The van der Waals surface area contributed by atoms with Gasteiger partial charge >= 0.3 is 5.97 Å². The van der Waals surface area contributed by atoms with Crippen LogP contribution >= 0.6 is 11.3 Å². The summed E-state index contributed by atoms with van der Waals surface area (Å²) in [6.07, 6.45) is 3.37. The second-order valence-electron chi connectivity index (χ2n) is 5.08. The van der Waals surface area contributed by atoms with E-state index in [4.69, 9.17) is 4.74 Å². The van der Waals surface area contributed by atoms with Crippen molar-refractivity contribution in [2.24, 2.45) is 0 Å². The summed E-state index contributed by atoms with van der Waals surface area (Å²) in [6.45, 7) is 0.858. The van der Waals surface area contributed by atoms with Gasteiger partial charge in [0.25, 0.3) is 0 Å². The molecule has 2 rings (SSSR count). The highest BCUT2D eigenvalue weighted by Crippen LogP contribution is 2.26. The highest BCUT2D eigenvalue weighted by Gasteiger charge is 2.05. The van der Waals surface area contributed by atoms with Crippen LogP contribution in [0, 0.1) is 0 Å². The van der Waals surface area contributed by atoms with Crippen molar-refractivity contribution in [1.29, 1.82) is 0 Å². The Kier molecular flexibility index (Phi) is 6.87. The molecule has 23 heavy (non-hydrogen) atoms. The molecule has 5 nitrogen and oxygen atoms in total. The molecule has 0 aliphatic carbocycles. The maximum Gasteiger partial charge on any atom is 0.305 e. The van der Waals surface area contributed by atoms with Gasteiger partial charge in [-0.05, 0) is 37.1 Å². The van der Waals surface area contributed by atoms with Crippen LogP contribution in [0.25, 0.3) is 11.3 Å². The number of thiazole rings is 1. The van der Waals surface area contributed by atoms with Crippen molar-refractivity contribution >= 4 is 22.4 Å². The van der Waals surface area contributed by atoms with Crippen molar-refractivity contribution in [3.63, 3.8) is 0 Å². The van der Waals surface area contributed by atoms with Gasteiger partial charge in [0.05, 0.1) is 19.9 Å². The largest absolute Gasteiger partial charge is 0.497 e. The molecule has 124 valence electrons. The van der Waals surface area contributed by atoms with Gasteiger partial charge in [-0.3, -0.25) is 4.79 Å². The molecule has 6 heteroatoms. The summed E-state index contributed by atoms with van der Waals surface area (Å²) < 4.78 is 9.77. The molecule has 1 aromatic carbocycles. The second-order valence-corrected chi connectivity index (χ2v) is 5.94. The first-order chi connectivity index (χ1) is 11.2. The molecule has 1 aromatic heterocycles. The van der Waals surface area contributed by atoms with Crippen LogP contribution in [0.4, 0.5) is 5.13 Å². The summed E-state index contributed by atoms with van der Waals surface area (Å²) in [4.78, 5) is 15.6. The normalized spacial score (nSPS) is 10.3. The first kappa shape index (κ1) is 17.3. The van der Waals surface area contributed by atoms with E-state index in [0.717, 1.165) is 47.9 Å². The number of carbonyl (C=O) groups is 1. The summed E-state index contributed by atoms with van der Waals surface area (Å²) in [5, 5.41) is 6.29. The van der Waals surface area contributed by atoms with Crippen molar-refractivity contribution in [2.75, 3.05) is 26.1 Å². The zero-order chi connectivity index (χ0) is 16.5. The zero-order valence-electron chi connectivity index (χ0n) is 13.5. The third-order valence-corrected chi connectivity index (χ3v) is 4.25. The van der Waals surface area contributed by atoms with E-state index in [9.17, 15) is 4.79 Å². The van der Waals surface area contributed by atoms with Gasteiger partial charge in [0, 0.05) is 23.9 Å². The van der Waals surface area contributed by atoms with E-state index < -0.39 is 0 Å². The van der Waals surface area contributed by atoms with Crippen LogP contribution in [0.15, 0.2) is 29.6 Å². The lowest BCUT2D eigenvalue weighted by molar-refractivity contribution is -0.140. The second kappa shape index (κ2) is 9.15. The molecule has 0 radical (unpaired) electrons. The number of nitrogens with one attached hydrogen (secondary N) is 1. The number of hydrogen-bond acceptors (Lipinski definition) is 6. The van der Waals surface area contributed by atoms with Crippen molar-refractivity contribution in [3.05, 3.63) is 29.6 Å². The molecule has 0 atom stereocenters. The van der Waals surface area contributed by atoms with E-state index in [2.05, 4.69) is 15.0 Å². The molecule has 0 spiro atoms. The van der Waals surface area contributed by atoms with Gasteiger partial charge < -0.3 is 14.8 Å². The number of benzene rings is 1. The van der Waals surface area contributed by atoms with Gasteiger partial charge in [0.2, 0.25) is 0 Å². The van der Waals surface area contributed by atoms with Crippen LogP contribution in [-0.4, -0.2) is 31.7 Å². The van der Waals surface area contributed by atoms with Crippen LogP contribution in [0.2, 0.25) is 0 Å². The van der Waals surface area contributed by atoms with E-state index in [0.29, 0.717) is 6.42 Å². The van der Waals surface area contributed by atoms with Gasteiger partial charge in [0.15, 0.2) is 5.13 Å². The third kappa shape index (κ3) is 5.56. The summed E-state index contributed by atoms with van der Waals surface area (Å²) >= 11 is 1.60. The number of carbonyl (C=O) groups excluding carboxylic acids is 1. The van der Waals surface area contributed by atoms with E-state index in [-0.39, 0.29) is 5.97 Å². The first-order valence-corrected chi connectivity index (χ1v) is 8.51. The van der Waals surface area contributed by atoms with Crippen molar-refractivity contribution < 1.29 is 14.3 Å². The first-order valence-electron chi connectivity index (χ1n) is 7.63. The SMILES string of the molecule is COC(=O)CCCCCNc1nc(-c2ccc(OC)cc2)cs1. The molecule has 0 saturated carbocycles. The molecular weight excluding hydrogens is 312 g/mol. The number of aromatic nitrogens is 1. The van der Waals surface area contributed by atoms with Crippen LogP contribution in [-0.2, 0) is 9.53 Å². The molecule has 0 amide bonds. The summed E-state index contributed by atoms with van der Waals surface area (Å²) in [7, 11) is 3.08. The summed E-state index contributed by atoms with van der Waals surface area (Å²) in [6, 6.07) is 7.88. The Morgan fingerprint density at radius 1 is 1.17 bits per heavy atom. The number of rotatable bonds is 9. The lowest BCUT2D eigenvalue weighted by atomic mass is 10.2. The lowest BCUT2D eigenvalue weighted by Gasteiger charge is -2.03. The predicted molar refractivity (Wildman–Crippen MR) is 93.1 cm³/mol. The molecule has 1 heterocycles. The standard InChI is InChI=1S/C17H22N2O3S/c1-21-14-9-7-13(8-10-14)15-12-23-17(19-15)18-11-5-3-4-6-16(20)22-2/h7-10,12H,3-6,11H2,1-2H3,(H,18,19). The van der Waals surface area contributed by atoms with Gasteiger partial charge in [-0.25, -0.2) is 4.98 Å². The summed E-state index contributed by atoms with van der Waals surface area (Å²) in [5.41, 5.74) is 2.04. The fraction of sp³-hybridized carbons (Fsp3) is 0.412. The Hall–Kier alpha value is -2.08. The number of methoxy groups -OCH3 is 2. The Morgan fingerprint density at radius 2 is 1.96 bits per heavy atom. The summed E-state index contributed by atoms with van der Waals surface area (Å²) in [5.74, 6) is 0.705. The molecule has 0 saturated heterocycles. The number of unbranched alkanes of at least 4 members (excludes halogenated alkanes) is 2. The monoisotopic (exact) mass is 334 g/mol. The van der Waals surface area contributed by atoms with E-state index in [1.807, 2.05) is 29.6 Å². The minimum Gasteiger partial charge on any atom is -0.497 e. The van der Waals surface area contributed by atoms with Crippen molar-refractivity contribution in [2.45, 2.75) is 25.7 Å². The maximum absolute atomic E-state index is 11.0. The number of nitrogens with zero attached hydrogens (tertiary/aromatic N) is 1. The number of hydrogen-bond donors (Lipinski definition) is 1. The molecule has 0 aliphatic heterocycles. The van der Waals surface area contributed by atoms with Crippen molar-refractivity contribution in [1.82, 2.24) is 4.98 Å². The molecule has 0 bridgehead atoms. The van der Waals surface area contributed by atoms with Crippen LogP contribution in [0.3, 0.4) is 0 Å². The van der Waals surface area contributed by atoms with E-state index in [1.54, 1.807) is 18.4 Å². The lowest BCUT2D eigenvalue weighted by Crippen LogP contribution is -2.03. The smallest absolute Gasteiger partial charge is 0.305 e. The number of ether oxygens (including phenoxy) is 2. The molecule has 0 fully saturated rings. The molecule has 0 aliphatic rings. The third-order valence-electron chi connectivity index (χ3n) is 3.45. The zero-order valence-corrected chi connectivity index (χ0v) is 14.3. The molecule has 1 N–H and O–H groups in total. The predicted octanol–water partition coefficient (Wildman–Crippen LogP) is 3.96. The van der Waals surface area contributed by atoms with Gasteiger partial charge in [-0.2, -0.15) is 0 Å². The maximum atomic E-state index is 11.0. The van der Waals surface area contributed by atoms with E-state index >= 15 is 0 Å². The number of anilines is 1. The number of esters is 1. The van der Waals surface area contributed by atoms with Crippen LogP contribution in [0.5, 0.6) is 5.75 Å². The van der Waals surface area contributed by atoms with Gasteiger partial charge in [0.1, 0.15) is 5.75 Å². The fourth-order valence-corrected chi connectivity index (χ4v) is 2.87. The molecular formula is C17H22N2O3S. The highest BCUT2D eigenvalue weighted by atomic mass is 32.1. The Labute approximate surface area is 140 Å². The average Bonchev–Trinajstić information content (AvgIpc) is 3.06. The Bertz CT molecular complexity index is 611. The highest BCUT2D eigenvalue weighted by molar-refractivity contribution is 7.14. The minimum absolute atomic E-state index is 0.137. The fourth-order valence-electron chi connectivity index (χ4n) is 2.12. The van der Waals surface area contributed by atoms with Crippen molar-refractivity contribution in [3.8, 4) is 17.0 Å². The molecule has 2 aromatic rings. The van der Waals surface area contributed by atoms with Gasteiger partial charge in [-0.15, -0.1) is 11.3 Å². The van der Waals surface area contributed by atoms with Gasteiger partial charge in [-0.1, -0.05) is 6.42 Å². The Balaban J connectivity index is 1.73. The van der Waals surface area contributed by atoms with E-state index in [1.165, 1.54) is 7.11 Å². The quantitative estimate of drug-likeness (QED) is 0.555. The topological polar surface area (TPSA) is 60.5 Å². The molecule has 0 unspecified atom stereocenters. The van der Waals surface area contributed by atoms with Crippen LogP contribution in [0.1, 0.15) is 25.7 Å².